The monoisotopic (exact) mass is 281 g/mol. The number of hydrogen-bond acceptors (Lipinski definition) is 1. The second-order valence-corrected chi connectivity index (χ2v) is 6.03. The van der Waals surface area contributed by atoms with Gasteiger partial charge in [-0.3, -0.25) is 0 Å². The molecule has 0 spiro atoms. The molecule has 1 unspecified atom stereocenters. The van der Waals surface area contributed by atoms with E-state index in [1.54, 1.807) is 0 Å². The van der Waals surface area contributed by atoms with Crippen LogP contribution in [0.25, 0.3) is 0 Å². The first-order valence-corrected chi connectivity index (χ1v) is 8.93. The molecular weight excluding hydrogens is 244 g/mol. The Hall–Kier alpha value is -0.300. The third kappa shape index (κ3) is 17.7. The molecule has 0 aliphatic rings. The van der Waals surface area contributed by atoms with Crippen LogP contribution < -0.4 is 0 Å². The van der Waals surface area contributed by atoms with Crippen molar-refractivity contribution >= 4 is 0 Å². The van der Waals surface area contributed by atoms with Gasteiger partial charge < -0.3 is 5.11 Å². The highest BCUT2D eigenvalue weighted by Gasteiger charge is 1.96. The summed E-state index contributed by atoms with van der Waals surface area (Å²) in [7, 11) is 0. The maximum Gasteiger partial charge on any atom is 0.0541 e. The van der Waals surface area contributed by atoms with Crippen LogP contribution in [0, 0.1) is 6.92 Å². The molecule has 119 valence electrons. The fraction of sp³-hybridized carbons (Fsp3) is 0.842. The first kappa shape index (κ1) is 19.7. The van der Waals surface area contributed by atoms with Crippen molar-refractivity contribution in [1.29, 1.82) is 0 Å². The second-order valence-electron chi connectivity index (χ2n) is 6.03. The van der Waals surface area contributed by atoms with Crippen molar-refractivity contribution in [3.63, 3.8) is 0 Å². The minimum Gasteiger partial charge on any atom is -0.393 e. The molecule has 0 aliphatic carbocycles. The van der Waals surface area contributed by atoms with Crippen LogP contribution in [0.2, 0.25) is 0 Å². The van der Waals surface area contributed by atoms with E-state index in [4.69, 9.17) is 5.11 Å². The van der Waals surface area contributed by atoms with E-state index < -0.39 is 0 Å². The second kappa shape index (κ2) is 16.8. The lowest BCUT2D eigenvalue weighted by molar-refractivity contribution is 0.205. The normalized spacial score (nSPS) is 13.2. The lowest BCUT2D eigenvalue weighted by atomic mass is 10.0. The summed E-state index contributed by atoms with van der Waals surface area (Å²) in [5.74, 6) is 0. The molecule has 0 bridgehead atoms. The van der Waals surface area contributed by atoms with E-state index >= 15 is 0 Å². The van der Waals surface area contributed by atoms with Crippen LogP contribution in [0.5, 0.6) is 0 Å². The first-order chi connectivity index (χ1) is 9.77. The number of unbranched alkanes of at least 4 members (excludes halogenated alkanes) is 11. The maximum absolute atomic E-state index is 9.04. The molecule has 0 aromatic rings. The van der Waals surface area contributed by atoms with Gasteiger partial charge in [0.15, 0.2) is 0 Å². The van der Waals surface area contributed by atoms with Crippen LogP contribution in [-0.2, 0) is 0 Å². The van der Waals surface area contributed by atoms with E-state index in [1.807, 2.05) is 0 Å². The molecule has 0 aromatic heterocycles. The highest BCUT2D eigenvalue weighted by atomic mass is 16.3. The third-order valence-corrected chi connectivity index (χ3v) is 3.80. The fourth-order valence-electron chi connectivity index (χ4n) is 2.44. The zero-order valence-corrected chi connectivity index (χ0v) is 13.8. The van der Waals surface area contributed by atoms with Crippen molar-refractivity contribution in [2.75, 3.05) is 0 Å². The molecule has 1 atom stereocenters. The first-order valence-electron chi connectivity index (χ1n) is 8.93. The predicted octanol–water partition coefficient (Wildman–Crippen LogP) is 6.22. The summed E-state index contributed by atoms with van der Waals surface area (Å²) in [5, 5.41) is 9.04. The molecule has 0 saturated carbocycles. The Morgan fingerprint density at radius 1 is 0.750 bits per heavy atom. The van der Waals surface area contributed by atoms with Gasteiger partial charge in [0.1, 0.15) is 0 Å². The summed E-state index contributed by atoms with van der Waals surface area (Å²) in [6.07, 6.45) is 22.5. The molecule has 0 rings (SSSR count). The fourth-order valence-corrected chi connectivity index (χ4v) is 2.44. The van der Waals surface area contributed by atoms with Crippen LogP contribution in [0.1, 0.15) is 96.8 Å². The van der Waals surface area contributed by atoms with E-state index in [9.17, 15) is 0 Å². The summed E-state index contributed by atoms with van der Waals surface area (Å²) < 4.78 is 0. The Kier molecular flexibility index (Phi) is 16.5. The van der Waals surface area contributed by atoms with Crippen molar-refractivity contribution < 1.29 is 5.11 Å². The molecule has 0 aliphatic heterocycles. The van der Waals surface area contributed by atoms with Gasteiger partial charge in [0.05, 0.1) is 6.10 Å². The van der Waals surface area contributed by atoms with Crippen LogP contribution >= 0.6 is 0 Å². The van der Waals surface area contributed by atoms with Crippen LogP contribution in [-0.4, -0.2) is 11.2 Å². The SMILES string of the molecule is [CH2]C(O)CCCCCCCCCCCC=CCCCC. The van der Waals surface area contributed by atoms with Gasteiger partial charge in [0.25, 0.3) is 0 Å². The Balaban J connectivity index is 3.01. The Bertz CT molecular complexity index is 196. The smallest absolute Gasteiger partial charge is 0.0541 e. The molecular formula is C19H37O. The van der Waals surface area contributed by atoms with Gasteiger partial charge in [-0.05, 0) is 32.6 Å². The quantitative estimate of drug-likeness (QED) is 0.279. The third-order valence-electron chi connectivity index (χ3n) is 3.80. The molecule has 1 radical (unpaired) electrons. The van der Waals surface area contributed by atoms with E-state index in [2.05, 4.69) is 26.0 Å². The molecule has 1 N–H and O–H groups in total. The van der Waals surface area contributed by atoms with Gasteiger partial charge in [0.2, 0.25) is 0 Å². The van der Waals surface area contributed by atoms with Crippen LogP contribution in [0.3, 0.4) is 0 Å². The zero-order valence-electron chi connectivity index (χ0n) is 13.8. The molecule has 0 fully saturated rings. The predicted molar refractivity (Wildman–Crippen MR) is 90.8 cm³/mol. The molecule has 0 amide bonds. The van der Waals surface area contributed by atoms with Crippen molar-refractivity contribution in [2.24, 2.45) is 0 Å². The largest absolute Gasteiger partial charge is 0.393 e. The van der Waals surface area contributed by atoms with E-state index in [0.717, 1.165) is 12.8 Å². The average Bonchev–Trinajstić information content (AvgIpc) is 2.43. The minimum atomic E-state index is -0.356. The lowest BCUT2D eigenvalue weighted by Gasteiger charge is -2.04. The standard InChI is InChI=1S/C19H37O/c1-3-4-5-6-7-8-9-10-11-12-13-14-15-16-17-18-19(2)20/h6-7,19-20H,2-5,8-18H2,1H3. The summed E-state index contributed by atoms with van der Waals surface area (Å²) in [4.78, 5) is 0. The number of rotatable bonds is 15. The molecule has 1 nitrogen and oxygen atoms in total. The Morgan fingerprint density at radius 3 is 1.70 bits per heavy atom. The summed E-state index contributed by atoms with van der Waals surface area (Å²) in [6.45, 7) is 5.84. The van der Waals surface area contributed by atoms with Crippen molar-refractivity contribution in [2.45, 2.75) is 103 Å². The van der Waals surface area contributed by atoms with Crippen molar-refractivity contribution in [3.8, 4) is 0 Å². The number of aliphatic hydroxyl groups is 1. The van der Waals surface area contributed by atoms with E-state index in [0.29, 0.717) is 0 Å². The van der Waals surface area contributed by atoms with Crippen molar-refractivity contribution in [3.05, 3.63) is 19.1 Å². The number of hydrogen-bond donors (Lipinski definition) is 1. The van der Waals surface area contributed by atoms with Gasteiger partial charge in [0, 0.05) is 0 Å². The Morgan fingerprint density at radius 2 is 1.20 bits per heavy atom. The average molecular weight is 282 g/mol. The molecule has 20 heavy (non-hydrogen) atoms. The maximum atomic E-state index is 9.04. The molecule has 0 heterocycles. The zero-order chi connectivity index (χ0) is 14.9. The Labute approximate surface area is 127 Å². The summed E-state index contributed by atoms with van der Waals surface area (Å²) >= 11 is 0. The number of allylic oxidation sites excluding steroid dienone is 2. The lowest BCUT2D eigenvalue weighted by Crippen LogP contribution is -1.98. The van der Waals surface area contributed by atoms with Gasteiger partial charge >= 0.3 is 0 Å². The topological polar surface area (TPSA) is 20.2 Å². The van der Waals surface area contributed by atoms with E-state index in [1.165, 1.54) is 77.0 Å². The van der Waals surface area contributed by atoms with Crippen molar-refractivity contribution in [1.82, 2.24) is 0 Å². The molecule has 1 heteroatoms. The summed E-state index contributed by atoms with van der Waals surface area (Å²) in [5.41, 5.74) is 0. The number of aliphatic hydroxyl groups excluding tert-OH is 1. The van der Waals surface area contributed by atoms with E-state index in [-0.39, 0.29) is 6.10 Å². The van der Waals surface area contributed by atoms with Crippen LogP contribution in [0.15, 0.2) is 12.2 Å². The minimum absolute atomic E-state index is 0.356. The highest BCUT2D eigenvalue weighted by molar-refractivity contribution is 4.81. The summed E-state index contributed by atoms with van der Waals surface area (Å²) in [6, 6.07) is 0. The van der Waals surface area contributed by atoms with Gasteiger partial charge in [-0.2, -0.15) is 0 Å². The van der Waals surface area contributed by atoms with Gasteiger partial charge in [-0.15, -0.1) is 0 Å². The van der Waals surface area contributed by atoms with Crippen LogP contribution in [0.4, 0.5) is 0 Å². The van der Waals surface area contributed by atoms with Gasteiger partial charge in [-0.25, -0.2) is 0 Å². The van der Waals surface area contributed by atoms with Gasteiger partial charge in [-0.1, -0.05) is 83.3 Å². The molecule has 0 saturated heterocycles. The highest BCUT2D eigenvalue weighted by Crippen LogP contribution is 2.12. The molecule has 0 aromatic carbocycles.